The predicted molar refractivity (Wildman–Crippen MR) is 118 cm³/mol. The summed E-state index contributed by atoms with van der Waals surface area (Å²) in [5.41, 5.74) is 0.785. The second kappa shape index (κ2) is 9.82. The van der Waals surface area contributed by atoms with E-state index in [2.05, 4.69) is 20.3 Å². The first-order valence-corrected chi connectivity index (χ1v) is 10.4. The van der Waals surface area contributed by atoms with Crippen molar-refractivity contribution in [1.29, 1.82) is 0 Å². The highest BCUT2D eigenvalue weighted by Gasteiger charge is 2.19. The highest BCUT2D eigenvalue weighted by Crippen LogP contribution is 2.20. The van der Waals surface area contributed by atoms with Crippen molar-refractivity contribution in [3.05, 3.63) is 75.7 Å². The number of nitrogens with zero attached hydrogens (tertiary/aromatic N) is 4. The van der Waals surface area contributed by atoms with E-state index < -0.39 is 11.5 Å². The molecule has 0 spiro atoms. The van der Waals surface area contributed by atoms with Crippen molar-refractivity contribution in [2.24, 2.45) is 0 Å². The molecule has 0 radical (unpaired) electrons. The van der Waals surface area contributed by atoms with Crippen LogP contribution in [-0.2, 0) is 4.74 Å². The molecule has 0 saturated carbocycles. The Morgan fingerprint density at radius 3 is 2.61 bits per heavy atom. The molecule has 0 bridgehead atoms. The van der Waals surface area contributed by atoms with E-state index in [1.807, 2.05) is 6.07 Å². The molecule has 31 heavy (non-hydrogen) atoms. The number of para-hydroxylation sites is 1. The molecule has 1 aromatic carbocycles. The van der Waals surface area contributed by atoms with E-state index in [0.29, 0.717) is 48.4 Å². The Bertz CT molecular complexity index is 1110. The van der Waals surface area contributed by atoms with Crippen LogP contribution in [0, 0.1) is 0 Å². The van der Waals surface area contributed by atoms with E-state index in [1.54, 1.807) is 42.6 Å². The van der Waals surface area contributed by atoms with Crippen LogP contribution in [0.25, 0.3) is 17.1 Å². The van der Waals surface area contributed by atoms with Crippen LogP contribution >= 0.6 is 11.6 Å². The van der Waals surface area contributed by atoms with Crippen molar-refractivity contribution < 1.29 is 9.53 Å². The van der Waals surface area contributed by atoms with Gasteiger partial charge in [0.2, 0.25) is 0 Å². The molecule has 1 fully saturated rings. The normalized spacial score (nSPS) is 14.4. The number of rotatable bonds is 6. The molecule has 0 aliphatic carbocycles. The zero-order valence-electron chi connectivity index (χ0n) is 16.8. The predicted octanol–water partition coefficient (Wildman–Crippen LogP) is 2.01. The SMILES string of the molecule is O=C(NCCN1CCOCC1)c1cc(-c2ccccn2)nn(-c2ccccc2Cl)c1=O. The van der Waals surface area contributed by atoms with E-state index in [4.69, 9.17) is 16.3 Å². The minimum Gasteiger partial charge on any atom is -0.379 e. The van der Waals surface area contributed by atoms with Gasteiger partial charge in [-0.15, -0.1) is 0 Å². The number of hydrogen-bond acceptors (Lipinski definition) is 6. The maximum atomic E-state index is 13.1. The van der Waals surface area contributed by atoms with Gasteiger partial charge in [-0.25, -0.2) is 0 Å². The molecule has 9 heteroatoms. The van der Waals surface area contributed by atoms with Crippen LogP contribution in [0.3, 0.4) is 0 Å². The fourth-order valence-corrected chi connectivity index (χ4v) is 3.55. The number of pyridine rings is 1. The molecule has 4 rings (SSSR count). The fourth-order valence-electron chi connectivity index (χ4n) is 3.33. The Balaban J connectivity index is 1.66. The van der Waals surface area contributed by atoms with Crippen molar-refractivity contribution in [1.82, 2.24) is 25.0 Å². The number of hydrogen-bond donors (Lipinski definition) is 1. The van der Waals surface area contributed by atoms with Crippen molar-refractivity contribution >= 4 is 17.5 Å². The first-order chi connectivity index (χ1) is 15.1. The Hall–Kier alpha value is -3.07. The number of carbonyl (C=O) groups excluding carboxylic acids is 1. The number of ether oxygens (including phenoxy) is 1. The monoisotopic (exact) mass is 439 g/mol. The van der Waals surface area contributed by atoms with Crippen LogP contribution in [0.1, 0.15) is 10.4 Å². The molecule has 1 aliphatic rings. The first kappa shape index (κ1) is 21.2. The molecule has 3 heterocycles. The minimum absolute atomic E-state index is 0.0162. The van der Waals surface area contributed by atoms with Gasteiger partial charge in [0.25, 0.3) is 11.5 Å². The summed E-state index contributed by atoms with van der Waals surface area (Å²) in [4.78, 5) is 32.6. The van der Waals surface area contributed by atoms with E-state index in [-0.39, 0.29) is 5.56 Å². The van der Waals surface area contributed by atoms with Crippen LogP contribution in [0.2, 0.25) is 5.02 Å². The quantitative estimate of drug-likeness (QED) is 0.632. The first-order valence-electron chi connectivity index (χ1n) is 10.0. The van der Waals surface area contributed by atoms with Gasteiger partial charge < -0.3 is 10.1 Å². The maximum absolute atomic E-state index is 13.1. The molecule has 2 aromatic heterocycles. The van der Waals surface area contributed by atoms with Crippen LogP contribution in [0.5, 0.6) is 0 Å². The summed E-state index contributed by atoms with van der Waals surface area (Å²) < 4.78 is 6.49. The highest BCUT2D eigenvalue weighted by molar-refractivity contribution is 6.32. The number of carbonyl (C=O) groups is 1. The Kier molecular flexibility index (Phi) is 6.71. The molecule has 3 aromatic rings. The lowest BCUT2D eigenvalue weighted by molar-refractivity contribution is 0.0383. The van der Waals surface area contributed by atoms with E-state index >= 15 is 0 Å². The number of morpholine rings is 1. The topological polar surface area (TPSA) is 89.3 Å². The third-order valence-corrected chi connectivity index (χ3v) is 5.30. The summed E-state index contributed by atoms with van der Waals surface area (Å²) in [6.45, 7) is 4.14. The number of amides is 1. The van der Waals surface area contributed by atoms with Crippen LogP contribution in [0.15, 0.2) is 59.5 Å². The van der Waals surface area contributed by atoms with Gasteiger partial charge >= 0.3 is 0 Å². The Morgan fingerprint density at radius 2 is 1.87 bits per heavy atom. The van der Waals surface area contributed by atoms with Gasteiger partial charge in [-0.3, -0.25) is 19.5 Å². The number of halogens is 1. The maximum Gasteiger partial charge on any atom is 0.284 e. The van der Waals surface area contributed by atoms with Crippen LogP contribution in [-0.4, -0.2) is 65.0 Å². The van der Waals surface area contributed by atoms with Crippen molar-refractivity contribution in [3.8, 4) is 17.1 Å². The highest BCUT2D eigenvalue weighted by atomic mass is 35.5. The third kappa shape index (κ3) is 4.99. The number of nitrogens with one attached hydrogen (secondary N) is 1. The lowest BCUT2D eigenvalue weighted by Crippen LogP contribution is -2.42. The Morgan fingerprint density at radius 1 is 1.10 bits per heavy atom. The lowest BCUT2D eigenvalue weighted by atomic mass is 10.2. The van der Waals surface area contributed by atoms with Crippen molar-refractivity contribution in [3.63, 3.8) is 0 Å². The molecular weight excluding hydrogens is 418 g/mol. The second-order valence-electron chi connectivity index (χ2n) is 7.04. The summed E-state index contributed by atoms with van der Waals surface area (Å²) >= 11 is 6.30. The molecule has 1 saturated heterocycles. The average Bonchev–Trinajstić information content (AvgIpc) is 2.81. The molecule has 0 atom stereocenters. The van der Waals surface area contributed by atoms with E-state index in [9.17, 15) is 9.59 Å². The second-order valence-corrected chi connectivity index (χ2v) is 7.44. The van der Waals surface area contributed by atoms with Gasteiger partial charge in [0.15, 0.2) is 0 Å². The fraction of sp³-hybridized carbons (Fsp3) is 0.273. The zero-order valence-corrected chi connectivity index (χ0v) is 17.6. The van der Waals surface area contributed by atoms with E-state index in [0.717, 1.165) is 17.8 Å². The summed E-state index contributed by atoms with van der Waals surface area (Å²) in [6, 6.07) is 13.7. The largest absolute Gasteiger partial charge is 0.379 e. The standard InChI is InChI=1S/C22H22ClN5O3/c23-17-5-1-2-7-20(17)28-22(30)16(15-19(26-28)18-6-3-4-8-24-18)21(29)25-9-10-27-11-13-31-14-12-27/h1-8,15H,9-14H2,(H,25,29). The molecular formula is C22H22ClN5O3. The summed E-state index contributed by atoms with van der Waals surface area (Å²) in [6.07, 6.45) is 1.63. The molecule has 1 N–H and O–H groups in total. The molecule has 1 aliphatic heterocycles. The minimum atomic E-state index is -0.545. The van der Waals surface area contributed by atoms with E-state index in [1.165, 1.54) is 6.07 Å². The van der Waals surface area contributed by atoms with Crippen molar-refractivity contribution in [2.45, 2.75) is 0 Å². The number of aromatic nitrogens is 3. The molecule has 1 amide bonds. The lowest BCUT2D eigenvalue weighted by Gasteiger charge is -2.26. The zero-order chi connectivity index (χ0) is 21.6. The Labute approximate surface area is 184 Å². The van der Waals surface area contributed by atoms with Gasteiger partial charge in [-0.1, -0.05) is 29.8 Å². The summed E-state index contributed by atoms with van der Waals surface area (Å²) in [7, 11) is 0. The smallest absolute Gasteiger partial charge is 0.284 e. The van der Waals surface area contributed by atoms with Gasteiger partial charge in [0.05, 0.1) is 29.6 Å². The van der Waals surface area contributed by atoms with Gasteiger partial charge in [0, 0.05) is 32.4 Å². The molecule has 160 valence electrons. The summed E-state index contributed by atoms with van der Waals surface area (Å²) in [5, 5.41) is 7.62. The number of benzene rings is 1. The third-order valence-electron chi connectivity index (χ3n) is 4.98. The summed E-state index contributed by atoms with van der Waals surface area (Å²) in [5.74, 6) is -0.460. The van der Waals surface area contributed by atoms with Gasteiger partial charge in [-0.05, 0) is 30.3 Å². The molecule has 8 nitrogen and oxygen atoms in total. The van der Waals surface area contributed by atoms with Crippen molar-refractivity contribution in [2.75, 3.05) is 39.4 Å². The van der Waals surface area contributed by atoms with Crippen LogP contribution < -0.4 is 10.9 Å². The van der Waals surface area contributed by atoms with Gasteiger partial charge in [-0.2, -0.15) is 9.78 Å². The van der Waals surface area contributed by atoms with Gasteiger partial charge in [0.1, 0.15) is 11.3 Å². The molecule has 0 unspecified atom stereocenters. The van der Waals surface area contributed by atoms with Crippen LogP contribution in [0.4, 0.5) is 0 Å². The average molecular weight is 440 g/mol.